The second-order valence-corrected chi connectivity index (χ2v) is 4.32. The van der Waals surface area contributed by atoms with E-state index in [1.54, 1.807) is 6.07 Å². The minimum absolute atomic E-state index is 0.0183. The van der Waals surface area contributed by atoms with Crippen LogP contribution in [0.15, 0.2) is 18.2 Å². The molecule has 0 spiro atoms. The Kier molecular flexibility index (Phi) is 6.24. The maximum absolute atomic E-state index is 10.8. The largest absolute Gasteiger partial charge is 0.496 e. The molecule has 0 aromatic heterocycles. The normalized spacial score (nSPS) is 12.2. The van der Waals surface area contributed by atoms with E-state index in [-0.39, 0.29) is 11.8 Å². The molecule has 19 heavy (non-hydrogen) atoms. The van der Waals surface area contributed by atoms with Crippen molar-refractivity contribution in [3.8, 4) is 5.75 Å². The maximum Gasteiger partial charge on any atom is 0.273 e. The third-order valence-electron chi connectivity index (χ3n) is 2.85. The first kappa shape index (κ1) is 15.4. The first-order chi connectivity index (χ1) is 9.06. The van der Waals surface area contributed by atoms with Crippen LogP contribution < -0.4 is 10.1 Å². The van der Waals surface area contributed by atoms with Gasteiger partial charge < -0.3 is 15.2 Å². The molecular formula is C13H20N2O4. The highest BCUT2D eigenvalue weighted by atomic mass is 16.6. The standard InChI is InChI=1S/C13H20N2O4/c1-3-12(16)4-5-14-9-10-6-11(15(17)18)8-13(7-10)19-2/h6-8,12,14,16H,3-5,9H2,1-2H3. The van der Waals surface area contributed by atoms with Crippen molar-refractivity contribution in [2.45, 2.75) is 32.4 Å². The smallest absolute Gasteiger partial charge is 0.273 e. The number of nitrogens with one attached hydrogen (secondary N) is 1. The molecule has 0 aliphatic heterocycles. The van der Waals surface area contributed by atoms with Crippen LogP contribution >= 0.6 is 0 Å². The zero-order valence-electron chi connectivity index (χ0n) is 11.3. The summed E-state index contributed by atoms with van der Waals surface area (Å²) in [5, 5.41) is 23.3. The molecule has 106 valence electrons. The summed E-state index contributed by atoms with van der Waals surface area (Å²) >= 11 is 0. The van der Waals surface area contributed by atoms with Gasteiger partial charge in [0.15, 0.2) is 0 Å². The number of ether oxygens (including phenoxy) is 1. The summed E-state index contributed by atoms with van der Waals surface area (Å²) in [6, 6.07) is 4.67. The van der Waals surface area contributed by atoms with Gasteiger partial charge in [-0.15, -0.1) is 0 Å². The van der Waals surface area contributed by atoms with E-state index in [2.05, 4.69) is 5.32 Å². The van der Waals surface area contributed by atoms with Gasteiger partial charge in [0.2, 0.25) is 0 Å². The summed E-state index contributed by atoms with van der Waals surface area (Å²) in [5.41, 5.74) is 0.807. The topological polar surface area (TPSA) is 84.6 Å². The van der Waals surface area contributed by atoms with E-state index >= 15 is 0 Å². The molecule has 1 rings (SSSR count). The molecule has 0 aliphatic rings. The number of aliphatic hydroxyl groups is 1. The fraction of sp³-hybridized carbons (Fsp3) is 0.538. The van der Waals surface area contributed by atoms with E-state index in [1.807, 2.05) is 6.92 Å². The zero-order chi connectivity index (χ0) is 14.3. The third kappa shape index (κ3) is 5.23. The van der Waals surface area contributed by atoms with Crippen molar-refractivity contribution >= 4 is 5.69 Å². The van der Waals surface area contributed by atoms with Gasteiger partial charge in [-0.1, -0.05) is 6.92 Å². The number of rotatable bonds is 8. The minimum atomic E-state index is -0.438. The molecule has 1 unspecified atom stereocenters. The van der Waals surface area contributed by atoms with Gasteiger partial charge in [-0.25, -0.2) is 0 Å². The molecule has 0 saturated carbocycles. The molecule has 0 bridgehead atoms. The van der Waals surface area contributed by atoms with Gasteiger partial charge in [0.25, 0.3) is 5.69 Å². The van der Waals surface area contributed by atoms with Crippen LogP contribution in [-0.2, 0) is 6.54 Å². The fourth-order valence-corrected chi connectivity index (χ4v) is 1.67. The first-order valence-electron chi connectivity index (χ1n) is 6.28. The van der Waals surface area contributed by atoms with Crippen LogP contribution in [0.3, 0.4) is 0 Å². The Hall–Kier alpha value is -1.66. The van der Waals surface area contributed by atoms with Gasteiger partial charge >= 0.3 is 0 Å². The van der Waals surface area contributed by atoms with Crippen molar-refractivity contribution < 1.29 is 14.8 Å². The van der Waals surface area contributed by atoms with Crippen molar-refractivity contribution in [2.75, 3.05) is 13.7 Å². The molecular weight excluding hydrogens is 248 g/mol. The Morgan fingerprint density at radius 1 is 1.47 bits per heavy atom. The summed E-state index contributed by atoms with van der Waals surface area (Å²) in [5.74, 6) is 0.472. The molecule has 6 nitrogen and oxygen atoms in total. The van der Waals surface area contributed by atoms with Crippen molar-refractivity contribution in [1.82, 2.24) is 5.32 Å². The summed E-state index contributed by atoms with van der Waals surface area (Å²) in [7, 11) is 1.48. The molecule has 0 fully saturated rings. The predicted octanol–water partition coefficient (Wildman–Crippen LogP) is 1.85. The fourth-order valence-electron chi connectivity index (χ4n) is 1.67. The number of nitrogens with zero attached hydrogens (tertiary/aromatic N) is 1. The van der Waals surface area contributed by atoms with Crippen molar-refractivity contribution in [3.63, 3.8) is 0 Å². The molecule has 0 saturated heterocycles. The van der Waals surface area contributed by atoms with Gasteiger partial charge in [-0.2, -0.15) is 0 Å². The van der Waals surface area contributed by atoms with Gasteiger partial charge in [0.05, 0.1) is 24.2 Å². The SMILES string of the molecule is CCC(O)CCNCc1cc(OC)cc([N+](=O)[O-])c1. The molecule has 0 radical (unpaired) electrons. The summed E-state index contributed by atoms with van der Waals surface area (Å²) in [6.07, 6.45) is 1.10. The van der Waals surface area contributed by atoms with Gasteiger partial charge in [0, 0.05) is 12.6 Å². The number of hydrogen-bond donors (Lipinski definition) is 2. The quantitative estimate of drug-likeness (QED) is 0.427. The highest BCUT2D eigenvalue weighted by Gasteiger charge is 2.10. The van der Waals surface area contributed by atoms with Gasteiger partial charge in [-0.3, -0.25) is 10.1 Å². The van der Waals surface area contributed by atoms with Gasteiger partial charge in [0.1, 0.15) is 5.75 Å². The Morgan fingerprint density at radius 2 is 2.21 bits per heavy atom. The first-order valence-corrected chi connectivity index (χ1v) is 6.28. The van der Waals surface area contributed by atoms with E-state index in [9.17, 15) is 15.2 Å². The molecule has 0 aliphatic carbocycles. The summed E-state index contributed by atoms with van der Waals surface area (Å²) < 4.78 is 5.04. The second kappa shape index (κ2) is 7.70. The number of aliphatic hydroxyl groups excluding tert-OH is 1. The Labute approximate surface area is 112 Å². The Balaban J connectivity index is 2.57. The lowest BCUT2D eigenvalue weighted by molar-refractivity contribution is -0.385. The third-order valence-corrected chi connectivity index (χ3v) is 2.85. The molecule has 1 aromatic rings. The number of benzene rings is 1. The average molecular weight is 268 g/mol. The summed E-state index contributed by atoms with van der Waals surface area (Å²) in [4.78, 5) is 10.3. The number of methoxy groups -OCH3 is 1. The second-order valence-electron chi connectivity index (χ2n) is 4.32. The lowest BCUT2D eigenvalue weighted by Gasteiger charge is -2.09. The van der Waals surface area contributed by atoms with Crippen molar-refractivity contribution in [1.29, 1.82) is 0 Å². The molecule has 2 N–H and O–H groups in total. The van der Waals surface area contributed by atoms with Crippen LogP contribution in [0.25, 0.3) is 0 Å². The number of hydrogen-bond acceptors (Lipinski definition) is 5. The molecule has 1 aromatic carbocycles. The molecule has 1 atom stereocenters. The van der Waals surface area contributed by atoms with E-state index in [1.165, 1.54) is 19.2 Å². The van der Waals surface area contributed by atoms with Crippen molar-refractivity contribution in [2.24, 2.45) is 0 Å². The Bertz CT molecular complexity index is 423. The van der Waals surface area contributed by atoms with Crippen LogP contribution in [0.5, 0.6) is 5.75 Å². The van der Waals surface area contributed by atoms with Crippen LogP contribution in [0.1, 0.15) is 25.3 Å². The minimum Gasteiger partial charge on any atom is -0.496 e. The Morgan fingerprint density at radius 3 is 2.79 bits per heavy atom. The lowest BCUT2D eigenvalue weighted by Crippen LogP contribution is -2.19. The maximum atomic E-state index is 10.8. The number of nitro groups is 1. The molecule has 6 heteroatoms. The van der Waals surface area contributed by atoms with Crippen LogP contribution in [-0.4, -0.2) is 29.8 Å². The monoisotopic (exact) mass is 268 g/mol. The zero-order valence-corrected chi connectivity index (χ0v) is 11.3. The number of non-ortho nitro benzene ring substituents is 1. The molecule has 0 amide bonds. The van der Waals surface area contributed by atoms with Crippen LogP contribution in [0, 0.1) is 10.1 Å². The highest BCUT2D eigenvalue weighted by Crippen LogP contribution is 2.22. The lowest BCUT2D eigenvalue weighted by atomic mass is 10.1. The van der Waals surface area contributed by atoms with Gasteiger partial charge in [-0.05, 0) is 31.0 Å². The summed E-state index contributed by atoms with van der Waals surface area (Å²) in [6.45, 7) is 3.10. The highest BCUT2D eigenvalue weighted by molar-refractivity contribution is 5.42. The average Bonchev–Trinajstić information content (AvgIpc) is 2.42. The number of nitro benzene ring substituents is 1. The van der Waals surface area contributed by atoms with E-state index in [4.69, 9.17) is 4.74 Å². The molecule has 0 heterocycles. The van der Waals surface area contributed by atoms with Crippen LogP contribution in [0.2, 0.25) is 0 Å². The van der Waals surface area contributed by atoms with Crippen molar-refractivity contribution in [3.05, 3.63) is 33.9 Å². The predicted molar refractivity (Wildman–Crippen MR) is 72.3 cm³/mol. The van der Waals surface area contributed by atoms with E-state index < -0.39 is 4.92 Å². The van der Waals surface area contributed by atoms with E-state index in [0.717, 1.165) is 12.0 Å². The van der Waals surface area contributed by atoms with Crippen LogP contribution in [0.4, 0.5) is 5.69 Å². The van der Waals surface area contributed by atoms with E-state index in [0.29, 0.717) is 25.3 Å².